The van der Waals surface area contributed by atoms with Crippen LogP contribution in [0.4, 0.5) is 0 Å². The van der Waals surface area contributed by atoms with E-state index in [9.17, 15) is 4.79 Å². The maximum Gasteiger partial charge on any atom is 0.153 e. The van der Waals surface area contributed by atoms with Gasteiger partial charge in [0.15, 0.2) is 6.29 Å². The number of ether oxygens (including phenoxy) is 1. The average Bonchev–Trinajstić information content (AvgIpc) is 2.55. The molecule has 1 heterocycles. The van der Waals surface area contributed by atoms with Crippen molar-refractivity contribution in [3.05, 3.63) is 71.4 Å². The lowest BCUT2D eigenvalue weighted by atomic mass is 10.00. The summed E-state index contributed by atoms with van der Waals surface area (Å²) in [5, 5.41) is 1.14. The molecule has 3 aromatic rings. The highest BCUT2D eigenvalue weighted by Crippen LogP contribution is 2.23. The highest BCUT2D eigenvalue weighted by atomic mass is 16.5. The van der Waals surface area contributed by atoms with E-state index in [4.69, 9.17) is 4.74 Å². The highest BCUT2D eigenvalue weighted by Gasteiger charge is 2.06. The topological polar surface area (TPSA) is 39.2 Å². The van der Waals surface area contributed by atoms with Crippen molar-refractivity contribution in [3.8, 4) is 5.75 Å². The molecule has 0 bridgehead atoms. The summed E-state index contributed by atoms with van der Waals surface area (Å²) in [6, 6.07) is 15.8. The Balaban J connectivity index is 2.01. The minimum atomic E-state index is 0.577. The number of carbonyl (C=O) groups is 1. The fourth-order valence-electron chi connectivity index (χ4n) is 2.52. The van der Waals surface area contributed by atoms with E-state index in [1.807, 2.05) is 48.7 Å². The lowest BCUT2D eigenvalue weighted by molar-refractivity contribution is 0.112. The van der Waals surface area contributed by atoms with Gasteiger partial charge in [0.25, 0.3) is 0 Å². The molecule has 0 fully saturated rings. The normalized spacial score (nSPS) is 10.5. The van der Waals surface area contributed by atoms with Gasteiger partial charge in [0.05, 0.1) is 18.2 Å². The molecule has 0 N–H and O–H groups in total. The molecule has 21 heavy (non-hydrogen) atoms. The Hall–Kier alpha value is -2.68. The van der Waals surface area contributed by atoms with E-state index in [0.717, 1.165) is 29.2 Å². The van der Waals surface area contributed by atoms with Gasteiger partial charge in [-0.05, 0) is 41.8 Å². The Morgan fingerprint density at radius 2 is 2.00 bits per heavy atom. The van der Waals surface area contributed by atoms with Gasteiger partial charge in [0, 0.05) is 11.6 Å². The van der Waals surface area contributed by atoms with Crippen LogP contribution in [0.5, 0.6) is 5.75 Å². The Kier molecular flexibility index (Phi) is 3.65. The van der Waals surface area contributed by atoms with E-state index in [-0.39, 0.29) is 0 Å². The number of benzene rings is 2. The van der Waals surface area contributed by atoms with Gasteiger partial charge in [-0.1, -0.05) is 24.3 Å². The summed E-state index contributed by atoms with van der Waals surface area (Å²) in [6.07, 6.45) is 3.41. The van der Waals surface area contributed by atoms with Crippen LogP contribution < -0.4 is 4.74 Å². The summed E-state index contributed by atoms with van der Waals surface area (Å²) in [5.74, 6) is 0.605. The molecular formula is C18H15NO2. The Morgan fingerprint density at radius 1 is 1.14 bits per heavy atom. The first kappa shape index (κ1) is 13.3. The number of para-hydroxylation sites is 1. The maximum absolute atomic E-state index is 11.1. The minimum absolute atomic E-state index is 0.577. The number of pyridine rings is 1. The number of nitrogens with zero attached hydrogens (tertiary/aromatic N) is 1. The molecule has 1 aromatic heterocycles. The lowest BCUT2D eigenvalue weighted by Gasteiger charge is -2.09. The van der Waals surface area contributed by atoms with Crippen LogP contribution in [0.25, 0.3) is 10.9 Å². The molecule has 0 amide bonds. The second-order valence-electron chi connectivity index (χ2n) is 4.86. The number of carbonyl (C=O) groups excluding carboxylic acids is 1. The molecule has 0 aliphatic heterocycles. The van der Waals surface area contributed by atoms with E-state index in [1.54, 1.807) is 7.11 Å². The molecule has 0 aliphatic rings. The van der Waals surface area contributed by atoms with Gasteiger partial charge in [0.2, 0.25) is 0 Å². The molecule has 104 valence electrons. The second-order valence-corrected chi connectivity index (χ2v) is 4.86. The summed E-state index contributed by atoms with van der Waals surface area (Å²) in [6.45, 7) is 0. The van der Waals surface area contributed by atoms with Crippen molar-refractivity contribution in [2.24, 2.45) is 0 Å². The van der Waals surface area contributed by atoms with Crippen molar-refractivity contribution in [2.45, 2.75) is 6.42 Å². The number of aromatic nitrogens is 1. The summed E-state index contributed by atoms with van der Waals surface area (Å²) in [7, 11) is 1.57. The molecule has 3 rings (SSSR count). The molecule has 2 aromatic carbocycles. The van der Waals surface area contributed by atoms with E-state index in [2.05, 4.69) is 11.1 Å². The summed E-state index contributed by atoms with van der Waals surface area (Å²) < 4.78 is 5.17. The van der Waals surface area contributed by atoms with Gasteiger partial charge in [-0.3, -0.25) is 9.78 Å². The average molecular weight is 277 g/mol. The third-order valence-electron chi connectivity index (χ3n) is 3.55. The molecule has 0 atom stereocenters. The predicted molar refractivity (Wildman–Crippen MR) is 82.9 cm³/mol. The Bertz CT molecular complexity index is 791. The monoisotopic (exact) mass is 277 g/mol. The first-order chi connectivity index (χ1) is 10.3. The zero-order valence-electron chi connectivity index (χ0n) is 11.7. The van der Waals surface area contributed by atoms with Crippen LogP contribution in [0.15, 0.2) is 54.7 Å². The van der Waals surface area contributed by atoms with Crippen LogP contribution >= 0.6 is 0 Å². The van der Waals surface area contributed by atoms with E-state index < -0.39 is 0 Å². The molecule has 0 spiro atoms. The second kappa shape index (κ2) is 5.75. The van der Waals surface area contributed by atoms with Gasteiger partial charge in [0.1, 0.15) is 5.75 Å². The molecule has 0 unspecified atom stereocenters. The van der Waals surface area contributed by atoms with Gasteiger partial charge < -0.3 is 4.74 Å². The van der Waals surface area contributed by atoms with Crippen molar-refractivity contribution in [1.29, 1.82) is 0 Å². The lowest BCUT2D eigenvalue weighted by Crippen LogP contribution is -1.95. The number of hydrogen-bond acceptors (Lipinski definition) is 3. The van der Waals surface area contributed by atoms with Crippen LogP contribution in [0.2, 0.25) is 0 Å². The summed E-state index contributed by atoms with van der Waals surface area (Å²) in [4.78, 5) is 15.5. The number of methoxy groups -OCH3 is 1. The van der Waals surface area contributed by atoms with Crippen LogP contribution in [0.1, 0.15) is 21.5 Å². The van der Waals surface area contributed by atoms with Crippen molar-refractivity contribution >= 4 is 17.2 Å². The summed E-state index contributed by atoms with van der Waals surface area (Å²) >= 11 is 0. The molecule has 3 heteroatoms. The quantitative estimate of drug-likeness (QED) is 0.683. The maximum atomic E-state index is 11.1. The Labute approximate surface area is 123 Å². The van der Waals surface area contributed by atoms with Crippen molar-refractivity contribution < 1.29 is 9.53 Å². The van der Waals surface area contributed by atoms with Gasteiger partial charge in [-0.25, -0.2) is 0 Å². The third-order valence-corrected chi connectivity index (χ3v) is 3.55. The molecular weight excluding hydrogens is 262 g/mol. The van der Waals surface area contributed by atoms with Crippen LogP contribution in [-0.4, -0.2) is 18.4 Å². The predicted octanol–water partition coefficient (Wildman–Crippen LogP) is 3.65. The SMILES string of the molecule is COc1ccc(Cc2ccnc3ccccc23)cc1C=O. The molecule has 3 nitrogen and oxygen atoms in total. The number of fused-ring (bicyclic) bond motifs is 1. The fourth-order valence-corrected chi connectivity index (χ4v) is 2.52. The van der Waals surface area contributed by atoms with Crippen LogP contribution in [0.3, 0.4) is 0 Å². The molecule has 0 saturated carbocycles. The first-order valence-electron chi connectivity index (χ1n) is 6.76. The van der Waals surface area contributed by atoms with Gasteiger partial charge >= 0.3 is 0 Å². The van der Waals surface area contributed by atoms with E-state index in [0.29, 0.717) is 11.3 Å². The standard InChI is InChI=1S/C18H15NO2/c1-21-18-7-6-13(11-15(18)12-20)10-14-8-9-19-17-5-3-2-4-16(14)17/h2-9,11-12H,10H2,1H3. The van der Waals surface area contributed by atoms with E-state index >= 15 is 0 Å². The fraction of sp³-hybridized carbons (Fsp3) is 0.111. The highest BCUT2D eigenvalue weighted by molar-refractivity contribution is 5.83. The van der Waals surface area contributed by atoms with Crippen molar-refractivity contribution in [2.75, 3.05) is 7.11 Å². The van der Waals surface area contributed by atoms with Crippen LogP contribution in [0, 0.1) is 0 Å². The van der Waals surface area contributed by atoms with Crippen molar-refractivity contribution in [3.63, 3.8) is 0 Å². The minimum Gasteiger partial charge on any atom is -0.496 e. The largest absolute Gasteiger partial charge is 0.496 e. The van der Waals surface area contributed by atoms with Gasteiger partial charge in [-0.15, -0.1) is 0 Å². The van der Waals surface area contributed by atoms with E-state index in [1.165, 1.54) is 5.56 Å². The first-order valence-corrected chi connectivity index (χ1v) is 6.76. The van der Waals surface area contributed by atoms with Crippen LogP contribution in [-0.2, 0) is 6.42 Å². The Morgan fingerprint density at radius 3 is 2.81 bits per heavy atom. The van der Waals surface area contributed by atoms with Crippen molar-refractivity contribution in [1.82, 2.24) is 4.98 Å². The molecule has 0 radical (unpaired) electrons. The smallest absolute Gasteiger partial charge is 0.153 e. The molecule has 0 saturated heterocycles. The number of hydrogen-bond donors (Lipinski definition) is 0. The number of rotatable bonds is 4. The zero-order chi connectivity index (χ0) is 14.7. The summed E-state index contributed by atoms with van der Waals surface area (Å²) in [5.41, 5.74) is 3.84. The zero-order valence-corrected chi connectivity index (χ0v) is 11.7. The molecule has 0 aliphatic carbocycles. The third kappa shape index (κ3) is 2.63. The number of aldehydes is 1. The van der Waals surface area contributed by atoms with Gasteiger partial charge in [-0.2, -0.15) is 0 Å².